The second-order valence-electron chi connectivity index (χ2n) is 9.02. The van der Waals surface area contributed by atoms with Gasteiger partial charge < -0.3 is 25.2 Å². The highest BCUT2D eigenvalue weighted by Crippen LogP contribution is 2.52. The zero-order valence-corrected chi connectivity index (χ0v) is 20.9. The van der Waals surface area contributed by atoms with Crippen molar-refractivity contribution in [3.05, 3.63) is 75.9 Å². The Morgan fingerprint density at radius 3 is 2.78 bits per heavy atom. The van der Waals surface area contributed by atoms with Gasteiger partial charge >= 0.3 is 0 Å². The Morgan fingerprint density at radius 2 is 2.11 bits per heavy atom. The number of ether oxygens (including phenoxy) is 2. The van der Waals surface area contributed by atoms with Gasteiger partial charge in [-0.05, 0) is 24.9 Å². The maximum absolute atomic E-state index is 16.0. The van der Waals surface area contributed by atoms with Crippen LogP contribution in [0.3, 0.4) is 0 Å². The van der Waals surface area contributed by atoms with E-state index in [-0.39, 0.29) is 53.1 Å². The molecule has 2 atom stereocenters. The van der Waals surface area contributed by atoms with Crippen molar-refractivity contribution in [1.82, 2.24) is 15.6 Å². The second-order valence-corrected chi connectivity index (χ2v) is 9.40. The number of pyridine rings is 1. The number of aliphatic hydroxyl groups excluding tert-OH is 1. The van der Waals surface area contributed by atoms with Crippen molar-refractivity contribution >= 4 is 17.5 Å². The van der Waals surface area contributed by atoms with Crippen molar-refractivity contribution in [3.63, 3.8) is 0 Å². The van der Waals surface area contributed by atoms with Crippen LogP contribution in [0.25, 0.3) is 11.1 Å². The van der Waals surface area contributed by atoms with E-state index in [9.17, 15) is 4.79 Å². The largest absolute Gasteiger partial charge is 0.480 e. The highest BCUT2D eigenvalue weighted by atomic mass is 35.5. The number of amides is 1. The molecule has 2 aliphatic heterocycles. The van der Waals surface area contributed by atoms with Crippen LogP contribution in [0.4, 0.5) is 8.78 Å². The quantitative estimate of drug-likeness (QED) is 0.428. The van der Waals surface area contributed by atoms with Gasteiger partial charge in [0.25, 0.3) is 11.8 Å². The summed E-state index contributed by atoms with van der Waals surface area (Å²) in [4.78, 5) is 16.7. The molecule has 2 aromatic carbocycles. The van der Waals surface area contributed by atoms with E-state index in [1.807, 2.05) is 30.3 Å². The normalized spacial score (nSPS) is 20.4. The fourth-order valence-electron chi connectivity index (χ4n) is 5.29. The third-order valence-electron chi connectivity index (χ3n) is 6.94. The van der Waals surface area contributed by atoms with Gasteiger partial charge in [-0.15, -0.1) is 0 Å². The predicted molar refractivity (Wildman–Crippen MR) is 134 cm³/mol. The second kappa shape index (κ2) is 10.2. The molecule has 3 aromatic rings. The Bertz CT molecular complexity index is 1340. The lowest BCUT2D eigenvalue weighted by Gasteiger charge is -2.35. The lowest BCUT2D eigenvalue weighted by atomic mass is 9.80. The Morgan fingerprint density at radius 1 is 1.32 bits per heavy atom. The van der Waals surface area contributed by atoms with Gasteiger partial charge in [-0.3, -0.25) is 4.79 Å². The van der Waals surface area contributed by atoms with Crippen LogP contribution < -0.4 is 20.1 Å². The van der Waals surface area contributed by atoms with Crippen LogP contribution in [0.15, 0.2) is 42.6 Å². The summed E-state index contributed by atoms with van der Waals surface area (Å²) in [6, 6.07) is 10.7. The Hall–Kier alpha value is -3.27. The van der Waals surface area contributed by atoms with Crippen LogP contribution in [0.2, 0.25) is 5.02 Å². The zero-order chi connectivity index (χ0) is 26.2. The monoisotopic (exact) mass is 529 g/mol. The van der Waals surface area contributed by atoms with Gasteiger partial charge in [0, 0.05) is 42.4 Å². The van der Waals surface area contributed by atoms with Crippen molar-refractivity contribution in [2.75, 3.05) is 26.8 Å². The number of nitrogens with zero attached hydrogens (tertiary/aromatic N) is 1. The van der Waals surface area contributed by atoms with E-state index in [2.05, 4.69) is 15.6 Å². The molecule has 5 rings (SSSR count). The van der Waals surface area contributed by atoms with Gasteiger partial charge in [0.2, 0.25) is 0 Å². The summed E-state index contributed by atoms with van der Waals surface area (Å²) in [6.45, 7) is 0.225. The van der Waals surface area contributed by atoms with E-state index in [1.165, 1.54) is 13.1 Å². The first-order valence-corrected chi connectivity index (χ1v) is 12.4. The molecule has 0 radical (unpaired) electrons. The third kappa shape index (κ3) is 4.31. The van der Waals surface area contributed by atoms with E-state index in [4.69, 9.17) is 26.2 Å². The Balaban J connectivity index is 1.75. The van der Waals surface area contributed by atoms with Crippen molar-refractivity contribution < 1.29 is 28.2 Å². The molecule has 0 saturated carbocycles. The maximum atomic E-state index is 16.0. The van der Waals surface area contributed by atoms with E-state index in [0.29, 0.717) is 5.56 Å². The summed E-state index contributed by atoms with van der Waals surface area (Å²) in [6.07, 6.45) is 3.20. The van der Waals surface area contributed by atoms with Gasteiger partial charge in [-0.25, -0.2) is 13.8 Å². The fraction of sp³-hybridized carbons (Fsp3) is 0.333. The van der Waals surface area contributed by atoms with E-state index in [1.54, 1.807) is 0 Å². The van der Waals surface area contributed by atoms with Crippen LogP contribution >= 0.6 is 11.6 Å². The molecule has 37 heavy (non-hydrogen) atoms. The summed E-state index contributed by atoms with van der Waals surface area (Å²) in [5, 5.41) is 14.8. The van der Waals surface area contributed by atoms with Crippen molar-refractivity contribution in [3.8, 4) is 22.8 Å². The van der Waals surface area contributed by atoms with E-state index < -0.39 is 29.0 Å². The number of benzene rings is 2. The van der Waals surface area contributed by atoms with Gasteiger partial charge in [0.05, 0.1) is 23.2 Å². The zero-order valence-electron chi connectivity index (χ0n) is 20.1. The molecule has 194 valence electrons. The highest BCUT2D eigenvalue weighted by Gasteiger charge is 2.50. The minimum atomic E-state index is -0.986. The predicted octanol–water partition coefficient (Wildman–Crippen LogP) is 3.99. The number of fused-ring (bicyclic) bond motifs is 1. The molecule has 1 saturated heterocycles. The average Bonchev–Trinajstić information content (AvgIpc) is 3.58. The van der Waals surface area contributed by atoms with Gasteiger partial charge in [-0.1, -0.05) is 41.9 Å². The lowest BCUT2D eigenvalue weighted by Crippen LogP contribution is -2.48. The molecule has 0 aliphatic carbocycles. The summed E-state index contributed by atoms with van der Waals surface area (Å²) in [7, 11) is 1.40. The van der Waals surface area contributed by atoms with E-state index >= 15 is 8.78 Å². The topological polar surface area (TPSA) is 92.7 Å². The molecular formula is C27H26ClF2N3O4. The molecule has 1 aromatic heterocycles. The van der Waals surface area contributed by atoms with E-state index in [0.717, 1.165) is 31.1 Å². The molecule has 0 spiro atoms. The van der Waals surface area contributed by atoms with Gasteiger partial charge in [0.1, 0.15) is 18.2 Å². The SMILES string of the molecule is CNC(=O)c1cnc(OCCO)c(F)c1-c1c(Cl)c(F)cc2c1C[C@@](c1ccccc1)([C@@H]1CCCN1)O2. The molecule has 2 aliphatic rings. The summed E-state index contributed by atoms with van der Waals surface area (Å²) in [5.74, 6) is -2.63. The highest BCUT2D eigenvalue weighted by molar-refractivity contribution is 6.34. The number of hydrogen-bond donors (Lipinski definition) is 3. The molecular weight excluding hydrogens is 504 g/mol. The molecule has 0 unspecified atom stereocenters. The summed E-state index contributed by atoms with van der Waals surface area (Å²) in [5.41, 5.74) is 0.116. The number of halogens is 3. The first kappa shape index (κ1) is 25.4. The number of carbonyl (C=O) groups is 1. The molecule has 7 nitrogen and oxygen atoms in total. The molecule has 0 bridgehead atoms. The first-order valence-electron chi connectivity index (χ1n) is 12.0. The van der Waals surface area contributed by atoms with Crippen molar-refractivity contribution in [2.24, 2.45) is 0 Å². The van der Waals surface area contributed by atoms with Crippen LogP contribution in [-0.2, 0) is 12.0 Å². The number of carbonyl (C=O) groups excluding carboxylic acids is 1. The number of aliphatic hydroxyl groups is 1. The molecule has 10 heteroatoms. The van der Waals surface area contributed by atoms with Crippen LogP contribution in [0, 0.1) is 11.6 Å². The number of hydrogen-bond acceptors (Lipinski definition) is 6. The summed E-state index contributed by atoms with van der Waals surface area (Å²) >= 11 is 6.51. The average molecular weight is 530 g/mol. The molecule has 1 amide bonds. The Kier molecular flexibility index (Phi) is 7.02. The third-order valence-corrected chi connectivity index (χ3v) is 7.31. The molecule has 1 fully saturated rings. The summed E-state index contributed by atoms with van der Waals surface area (Å²) < 4.78 is 43.0. The van der Waals surface area contributed by atoms with Crippen LogP contribution in [0.5, 0.6) is 11.6 Å². The minimum Gasteiger partial charge on any atom is -0.480 e. The van der Waals surface area contributed by atoms with Gasteiger partial charge in [0.15, 0.2) is 11.4 Å². The number of rotatable bonds is 7. The smallest absolute Gasteiger partial charge is 0.253 e. The molecule has 3 N–H and O–H groups in total. The first-order chi connectivity index (χ1) is 17.9. The van der Waals surface area contributed by atoms with Gasteiger partial charge in [-0.2, -0.15) is 0 Å². The van der Waals surface area contributed by atoms with Crippen molar-refractivity contribution in [1.29, 1.82) is 0 Å². The van der Waals surface area contributed by atoms with Crippen molar-refractivity contribution in [2.45, 2.75) is 30.9 Å². The fourth-order valence-corrected chi connectivity index (χ4v) is 5.55. The number of aromatic nitrogens is 1. The standard InChI is InChI=1S/C27H26ClF2N3O4/c1-31-25(35)17-14-33-26(36-11-10-34)24(30)22(17)21-16-13-27(20-8-5-9-32-20,15-6-3-2-4-7-15)37-19(16)12-18(29)23(21)28/h2-4,6-7,12,14,20,32,34H,5,8-11,13H2,1H3,(H,31,35)/t20-,27+/m0/s1. The maximum Gasteiger partial charge on any atom is 0.253 e. The molecule has 3 heterocycles. The minimum absolute atomic E-state index is 0.0137. The lowest BCUT2D eigenvalue weighted by molar-refractivity contribution is 0.0539. The van der Waals surface area contributed by atoms with Crippen LogP contribution in [0.1, 0.15) is 34.3 Å². The van der Waals surface area contributed by atoms with Crippen LogP contribution in [-0.4, -0.2) is 48.8 Å². The Labute approximate surface area is 217 Å². The number of nitrogens with one attached hydrogen (secondary N) is 2.